The minimum atomic E-state index is -0.253. The summed E-state index contributed by atoms with van der Waals surface area (Å²) in [7, 11) is 0. The van der Waals surface area contributed by atoms with Crippen molar-refractivity contribution in [3.63, 3.8) is 0 Å². The number of rotatable bonds is 4. The summed E-state index contributed by atoms with van der Waals surface area (Å²) >= 11 is 4.55. The third kappa shape index (κ3) is 7.52. The molecule has 0 aliphatic heterocycles. The maximum Gasteiger partial charge on any atom is 0.0733 e. The van der Waals surface area contributed by atoms with Gasteiger partial charge in [0, 0.05) is 4.43 Å². The molecule has 0 aliphatic carbocycles. The van der Waals surface area contributed by atoms with E-state index in [2.05, 4.69) is 59.0 Å². The Morgan fingerprint density at radius 1 is 1.55 bits per heavy atom. The van der Waals surface area contributed by atoms with Gasteiger partial charge in [-0.05, 0) is 44.6 Å². The number of hydrogen-bond acceptors (Lipinski definition) is 1. The highest BCUT2D eigenvalue weighted by atomic mass is 127. The van der Waals surface area contributed by atoms with Crippen LogP contribution in [0.3, 0.4) is 0 Å². The molecule has 1 atom stereocenters. The van der Waals surface area contributed by atoms with Gasteiger partial charge in [0.05, 0.1) is 6.10 Å². The largest absolute Gasteiger partial charge is 0.389 e. The van der Waals surface area contributed by atoms with Crippen LogP contribution in [0.4, 0.5) is 0 Å². The molecule has 0 radical (unpaired) electrons. The van der Waals surface area contributed by atoms with E-state index < -0.39 is 0 Å². The molecule has 0 bridgehead atoms. The van der Waals surface area contributed by atoms with Crippen LogP contribution in [0.1, 0.15) is 20.3 Å². The molecule has 0 aromatic heterocycles. The van der Waals surface area contributed by atoms with Gasteiger partial charge in [0.25, 0.3) is 0 Å². The Bertz CT molecular complexity index is 132. The lowest BCUT2D eigenvalue weighted by Crippen LogP contribution is -2.06. The molecule has 0 saturated carbocycles. The van der Waals surface area contributed by atoms with Crippen LogP contribution in [-0.4, -0.2) is 15.6 Å². The Kier molecular flexibility index (Phi) is 7.35. The highest BCUT2D eigenvalue weighted by Crippen LogP contribution is 2.13. The molecule has 1 nitrogen and oxygen atoms in total. The van der Waals surface area contributed by atoms with Gasteiger partial charge >= 0.3 is 0 Å². The molecule has 0 aromatic carbocycles. The number of alkyl halides is 1. The Balaban J connectivity index is 3.75. The smallest absolute Gasteiger partial charge is 0.0733 e. The average molecular weight is 380 g/mol. The quantitative estimate of drug-likeness (QED) is 0.587. The summed E-state index contributed by atoms with van der Waals surface area (Å²) in [5, 5.41) is 9.44. The van der Waals surface area contributed by atoms with Gasteiger partial charge in [-0.15, -0.1) is 0 Å². The fourth-order valence-corrected chi connectivity index (χ4v) is 1.47. The van der Waals surface area contributed by atoms with Gasteiger partial charge in [0.2, 0.25) is 0 Å². The van der Waals surface area contributed by atoms with Gasteiger partial charge in [0.1, 0.15) is 0 Å². The van der Waals surface area contributed by atoms with Gasteiger partial charge in [0.15, 0.2) is 0 Å². The van der Waals surface area contributed by atoms with Gasteiger partial charge in [-0.25, -0.2) is 0 Å². The second kappa shape index (κ2) is 6.65. The molecule has 0 aromatic rings. The molecule has 0 spiro atoms. The van der Waals surface area contributed by atoms with Crippen LogP contribution in [0, 0.1) is 5.92 Å². The van der Waals surface area contributed by atoms with Gasteiger partial charge in [-0.3, -0.25) is 0 Å². The molecule has 0 fully saturated rings. The zero-order chi connectivity index (χ0) is 8.85. The van der Waals surface area contributed by atoms with Crippen molar-refractivity contribution >= 4 is 45.2 Å². The SMILES string of the molecule is CC(C)CC(O)/C=C(\I)CI. The lowest BCUT2D eigenvalue weighted by atomic mass is 10.1. The summed E-state index contributed by atoms with van der Waals surface area (Å²) < 4.78 is 2.23. The summed E-state index contributed by atoms with van der Waals surface area (Å²) in [5.41, 5.74) is 0. The lowest BCUT2D eigenvalue weighted by Gasteiger charge is -2.08. The standard InChI is InChI=1S/C8H14I2O/c1-6(2)3-8(11)4-7(10)5-9/h4,6,8,11H,3,5H2,1-2H3/b7-4-. The zero-order valence-electron chi connectivity index (χ0n) is 6.85. The van der Waals surface area contributed by atoms with Gasteiger partial charge < -0.3 is 5.11 Å². The van der Waals surface area contributed by atoms with E-state index in [1.165, 1.54) is 3.58 Å². The van der Waals surface area contributed by atoms with Crippen molar-refractivity contribution < 1.29 is 5.11 Å². The van der Waals surface area contributed by atoms with Crippen molar-refractivity contribution in [1.29, 1.82) is 0 Å². The van der Waals surface area contributed by atoms with Gasteiger partial charge in [-0.2, -0.15) is 0 Å². The maximum absolute atomic E-state index is 9.44. The van der Waals surface area contributed by atoms with Crippen LogP contribution in [-0.2, 0) is 0 Å². The molecule has 0 amide bonds. The first-order chi connectivity index (χ1) is 5.06. The van der Waals surface area contributed by atoms with Crippen LogP contribution in [0.5, 0.6) is 0 Å². The molecule has 0 heterocycles. The van der Waals surface area contributed by atoms with Crippen molar-refractivity contribution in [3.8, 4) is 0 Å². The zero-order valence-corrected chi connectivity index (χ0v) is 11.2. The highest BCUT2D eigenvalue weighted by molar-refractivity contribution is 14.1. The van der Waals surface area contributed by atoms with Crippen LogP contribution >= 0.6 is 45.2 Å². The third-order valence-corrected chi connectivity index (χ3v) is 4.24. The number of allylic oxidation sites excluding steroid dienone is 1. The molecule has 0 rings (SSSR count). The highest BCUT2D eigenvalue weighted by Gasteiger charge is 2.03. The molecule has 1 unspecified atom stereocenters. The predicted molar refractivity (Wildman–Crippen MR) is 66.5 cm³/mol. The molecule has 3 heteroatoms. The fraction of sp³-hybridized carbons (Fsp3) is 0.750. The normalized spacial score (nSPS) is 15.6. The molecule has 11 heavy (non-hydrogen) atoms. The number of aliphatic hydroxyl groups is 1. The van der Waals surface area contributed by atoms with Crippen LogP contribution < -0.4 is 0 Å². The maximum atomic E-state index is 9.44. The average Bonchev–Trinajstić information content (AvgIpc) is 1.85. The van der Waals surface area contributed by atoms with E-state index in [0.717, 1.165) is 10.8 Å². The molecular formula is C8H14I2O. The summed E-state index contributed by atoms with van der Waals surface area (Å²) in [6.45, 7) is 4.24. The van der Waals surface area contributed by atoms with E-state index in [4.69, 9.17) is 0 Å². The molecule has 0 saturated heterocycles. The van der Waals surface area contributed by atoms with Crippen molar-refractivity contribution in [1.82, 2.24) is 0 Å². The summed E-state index contributed by atoms with van der Waals surface area (Å²) in [5.74, 6) is 0.569. The van der Waals surface area contributed by atoms with E-state index in [1.807, 2.05) is 6.08 Å². The minimum absolute atomic E-state index is 0.253. The van der Waals surface area contributed by atoms with E-state index in [9.17, 15) is 5.11 Å². The number of halogens is 2. The minimum Gasteiger partial charge on any atom is -0.389 e. The van der Waals surface area contributed by atoms with Gasteiger partial charge in [-0.1, -0.05) is 36.4 Å². The Morgan fingerprint density at radius 2 is 2.09 bits per heavy atom. The summed E-state index contributed by atoms with van der Waals surface area (Å²) in [4.78, 5) is 0. The Morgan fingerprint density at radius 3 is 2.45 bits per heavy atom. The fourth-order valence-electron chi connectivity index (χ4n) is 0.804. The Labute approximate surface area is 95.9 Å². The van der Waals surface area contributed by atoms with Crippen molar-refractivity contribution in [3.05, 3.63) is 9.66 Å². The Hall–Kier alpha value is 1.16. The van der Waals surface area contributed by atoms with Crippen molar-refractivity contribution in [2.24, 2.45) is 5.92 Å². The van der Waals surface area contributed by atoms with Crippen LogP contribution in [0.2, 0.25) is 0 Å². The number of hydrogen-bond donors (Lipinski definition) is 1. The van der Waals surface area contributed by atoms with E-state index in [0.29, 0.717) is 5.92 Å². The van der Waals surface area contributed by atoms with Crippen LogP contribution in [0.15, 0.2) is 9.66 Å². The second-order valence-electron chi connectivity index (χ2n) is 2.94. The topological polar surface area (TPSA) is 20.2 Å². The first-order valence-corrected chi connectivity index (χ1v) is 6.27. The summed E-state index contributed by atoms with van der Waals surface area (Å²) in [6, 6.07) is 0. The van der Waals surface area contributed by atoms with E-state index in [1.54, 1.807) is 0 Å². The second-order valence-corrected chi connectivity index (χ2v) is 5.09. The molecular weight excluding hydrogens is 366 g/mol. The third-order valence-electron chi connectivity index (χ3n) is 1.21. The first-order valence-electron chi connectivity index (χ1n) is 3.66. The lowest BCUT2D eigenvalue weighted by molar-refractivity contribution is 0.195. The molecule has 1 N–H and O–H groups in total. The van der Waals surface area contributed by atoms with E-state index >= 15 is 0 Å². The van der Waals surface area contributed by atoms with Crippen molar-refractivity contribution in [2.75, 3.05) is 4.43 Å². The van der Waals surface area contributed by atoms with Crippen molar-refractivity contribution in [2.45, 2.75) is 26.4 Å². The molecule has 66 valence electrons. The monoisotopic (exact) mass is 380 g/mol. The van der Waals surface area contributed by atoms with E-state index in [-0.39, 0.29) is 6.10 Å². The number of aliphatic hydroxyl groups excluding tert-OH is 1. The van der Waals surface area contributed by atoms with Crippen LogP contribution in [0.25, 0.3) is 0 Å². The summed E-state index contributed by atoms with van der Waals surface area (Å²) in [6.07, 6.45) is 2.55. The first kappa shape index (κ1) is 12.2. The predicted octanol–water partition coefficient (Wildman–Crippen LogP) is 3.15. The molecule has 0 aliphatic rings.